The first-order valence-corrected chi connectivity index (χ1v) is 18.4. The molecule has 1 aromatic heterocycles. The van der Waals surface area contributed by atoms with Crippen molar-refractivity contribution in [3.05, 3.63) is 76.1 Å². The van der Waals surface area contributed by atoms with Crippen LogP contribution in [-0.2, 0) is 23.1 Å². The number of carboxylic acid groups (broad SMARTS) is 1. The Bertz CT molecular complexity index is 1650. The summed E-state index contributed by atoms with van der Waals surface area (Å²) in [5, 5.41) is 14.6. The molecule has 256 valence electrons. The van der Waals surface area contributed by atoms with Crippen LogP contribution in [0.3, 0.4) is 0 Å². The van der Waals surface area contributed by atoms with Crippen molar-refractivity contribution in [2.45, 2.75) is 102 Å². The fourth-order valence-corrected chi connectivity index (χ4v) is 9.23. The Morgan fingerprint density at radius 1 is 1.12 bits per heavy atom. The van der Waals surface area contributed by atoms with Crippen LogP contribution in [0.1, 0.15) is 100 Å². The summed E-state index contributed by atoms with van der Waals surface area (Å²) < 4.78 is 19.3. The zero-order chi connectivity index (χ0) is 33.5. The molecule has 2 aromatic carbocycles. The van der Waals surface area contributed by atoms with Gasteiger partial charge in [-0.25, -0.2) is 4.79 Å². The van der Waals surface area contributed by atoms with Gasteiger partial charge in [-0.1, -0.05) is 38.4 Å². The third-order valence-electron chi connectivity index (χ3n) is 11.9. The third kappa shape index (κ3) is 6.23. The number of nitrogens with one attached hydrogen (secondary N) is 1. The number of ether oxygens (including phenoxy) is 3. The van der Waals surface area contributed by atoms with Gasteiger partial charge < -0.3 is 24.6 Å². The summed E-state index contributed by atoms with van der Waals surface area (Å²) in [5.74, 6) is 3.34. The average Bonchev–Trinajstić information content (AvgIpc) is 3.20. The van der Waals surface area contributed by atoms with Crippen LogP contribution in [0.2, 0.25) is 5.02 Å². The first-order valence-electron chi connectivity index (χ1n) is 18.0. The van der Waals surface area contributed by atoms with Gasteiger partial charge in [-0.2, -0.15) is 0 Å². The minimum atomic E-state index is -1.06. The standard InChI is InChI=1S/C40H49ClN2O5/c1-4-27-23-47-35-19-28-18-29(17-25(2)22-46-34-11-16-42-33-10-5-7-26(3)37(33)34)39(32(28)21-36(35)48-24-27)12-14-40(15-13-39,38(44)45)43-31-9-6-8-30(41)20-31/h6,8-9,11,16,19-21,25-27,29,43H,4-5,7,10,12-15,17-18,22-24H2,1-3H3,(H,44,45)/t25-,26-,27-,29+,39?,40?/m1/s1. The second-order valence-corrected chi connectivity index (χ2v) is 15.5. The number of rotatable bonds is 9. The molecule has 0 saturated heterocycles. The lowest BCUT2D eigenvalue weighted by Gasteiger charge is -2.47. The maximum absolute atomic E-state index is 13.0. The molecule has 7 rings (SSSR count). The zero-order valence-electron chi connectivity index (χ0n) is 28.5. The summed E-state index contributed by atoms with van der Waals surface area (Å²) in [5.41, 5.74) is 4.63. The van der Waals surface area contributed by atoms with Gasteiger partial charge in [-0.3, -0.25) is 4.98 Å². The molecule has 2 N–H and O–H groups in total. The van der Waals surface area contributed by atoms with E-state index in [0.717, 1.165) is 61.5 Å². The van der Waals surface area contributed by atoms with Gasteiger partial charge >= 0.3 is 5.97 Å². The number of aryl methyl sites for hydroxylation is 1. The molecule has 1 saturated carbocycles. The fourth-order valence-electron chi connectivity index (χ4n) is 9.04. The second kappa shape index (κ2) is 13.5. The van der Waals surface area contributed by atoms with Crippen LogP contribution in [0.4, 0.5) is 5.69 Å². The van der Waals surface area contributed by atoms with Gasteiger partial charge in [0.15, 0.2) is 11.5 Å². The topological polar surface area (TPSA) is 89.9 Å². The molecule has 3 aromatic rings. The second-order valence-electron chi connectivity index (χ2n) is 15.0. The highest BCUT2D eigenvalue weighted by molar-refractivity contribution is 6.30. The minimum Gasteiger partial charge on any atom is -0.493 e. The molecule has 3 aliphatic carbocycles. The molecule has 2 heterocycles. The number of halogens is 1. The van der Waals surface area contributed by atoms with E-state index in [0.29, 0.717) is 61.4 Å². The smallest absolute Gasteiger partial charge is 0.329 e. The fraction of sp³-hybridized carbons (Fsp3) is 0.550. The lowest BCUT2D eigenvalue weighted by atomic mass is 9.59. The number of carbonyl (C=O) groups is 1. The number of aromatic nitrogens is 1. The molecule has 8 heteroatoms. The molecule has 0 bridgehead atoms. The Morgan fingerprint density at radius 3 is 2.62 bits per heavy atom. The number of hydrogen-bond donors (Lipinski definition) is 2. The van der Waals surface area contributed by atoms with Crippen LogP contribution in [0, 0.1) is 17.8 Å². The van der Waals surface area contributed by atoms with Crippen molar-refractivity contribution >= 4 is 23.3 Å². The highest BCUT2D eigenvalue weighted by atomic mass is 35.5. The average molecular weight is 673 g/mol. The molecular formula is C40H49ClN2O5. The minimum absolute atomic E-state index is 0.155. The predicted octanol–water partition coefficient (Wildman–Crippen LogP) is 9.00. The molecule has 4 atom stereocenters. The summed E-state index contributed by atoms with van der Waals surface area (Å²) in [7, 11) is 0. The maximum Gasteiger partial charge on any atom is 0.329 e. The van der Waals surface area contributed by atoms with Gasteiger partial charge in [0.1, 0.15) is 11.3 Å². The van der Waals surface area contributed by atoms with Crippen molar-refractivity contribution in [2.24, 2.45) is 17.8 Å². The summed E-state index contributed by atoms with van der Waals surface area (Å²) in [6, 6.07) is 13.9. The Hall–Kier alpha value is -3.45. The summed E-state index contributed by atoms with van der Waals surface area (Å²) in [6.45, 7) is 8.72. The lowest BCUT2D eigenvalue weighted by molar-refractivity contribution is -0.144. The van der Waals surface area contributed by atoms with Crippen molar-refractivity contribution in [1.82, 2.24) is 4.98 Å². The quantitative estimate of drug-likeness (QED) is 0.234. The van der Waals surface area contributed by atoms with Crippen molar-refractivity contribution in [2.75, 3.05) is 25.1 Å². The molecule has 0 amide bonds. The highest BCUT2D eigenvalue weighted by Gasteiger charge is 2.54. The normalized spacial score (nSPS) is 28.2. The molecule has 1 fully saturated rings. The number of anilines is 1. The van der Waals surface area contributed by atoms with Crippen molar-refractivity contribution in [3.8, 4) is 17.2 Å². The maximum atomic E-state index is 13.0. The Balaban J connectivity index is 1.15. The molecule has 4 aliphatic rings. The van der Waals surface area contributed by atoms with E-state index >= 15 is 0 Å². The zero-order valence-corrected chi connectivity index (χ0v) is 29.3. The molecular weight excluding hydrogens is 624 g/mol. The monoisotopic (exact) mass is 672 g/mol. The van der Waals surface area contributed by atoms with Crippen LogP contribution in [0.25, 0.3) is 0 Å². The van der Waals surface area contributed by atoms with Gasteiger partial charge in [-0.05, 0) is 135 Å². The van der Waals surface area contributed by atoms with E-state index in [9.17, 15) is 9.90 Å². The molecule has 1 aliphatic heterocycles. The molecule has 0 unspecified atom stereocenters. The van der Waals surface area contributed by atoms with Crippen LogP contribution in [-0.4, -0.2) is 41.4 Å². The van der Waals surface area contributed by atoms with Crippen LogP contribution in [0.15, 0.2) is 48.7 Å². The molecule has 1 spiro atoms. The van der Waals surface area contributed by atoms with E-state index < -0.39 is 11.5 Å². The Kier molecular flexibility index (Phi) is 9.27. The largest absolute Gasteiger partial charge is 0.493 e. The van der Waals surface area contributed by atoms with E-state index in [1.54, 1.807) is 0 Å². The van der Waals surface area contributed by atoms with Crippen LogP contribution >= 0.6 is 11.6 Å². The third-order valence-corrected chi connectivity index (χ3v) is 12.1. The highest BCUT2D eigenvalue weighted by Crippen LogP contribution is 2.58. The number of hydrogen-bond acceptors (Lipinski definition) is 6. The van der Waals surface area contributed by atoms with Gasteiger partial charge in [-0.15, -0.1) is 0 Å². The number of benzene rings is 2. The van der Waals surface area contributed by atoms with Crippen molar-refractivity contribution < 1.29 is 24.1 Å². The van der Waals surface area contributed by atoms with Crippen LogP contribution in [0.5, 0.6) is 17.2 Å². The summed E-state index contributed by atoms with van der Waals surface area (Å²) in [4.78, 5) is 17.6. The number of aliphatic carboxylic acids is 1. The number of carboxylic acids is 1. The number of fused-ring (bicyclic) bond motifs is 4. The van der Waals surface area contributed by atoms with Crippen molar-refractivity contribution in [1.29, 1.82) is 0 Å². The summed E-state index contributed by atoms with van der Waals surface area (Å²) >= 11 is 6.28. The Labute approximate surface area is 289 Å². The lowest BCUT2D eigenvalue weighted by Crippen LogP contribution is -2.53. The molecule has 48 heavy (non-hydrogen) atoms. The predicted molar refractivity (Wildman–Crippen MR) is 189 cm³/mol. The van der Waals surface area contributed by atoms with Gasteiger partial charge in [0.2, 0.25) is 0 Å². The van der Waals surface area contributed by atoms with E-state index in [2.05, 4.69) is 43.2 Å². The SMILES string of the molecule is CC[C@@H]1COc2cc3c(cc2OC1)C1(CCC(Nc2cccc(Cl)c2)(C(=O)O)CC1)[C@@H](C[C@@H](C)COc1ccnc2c1[C@H](C)CCC2)C3. The van der Waals surface area contributed by atoms with Crippen LogP contribution < -0.4 is 19.5 Å². The first-order chi connectivity index (χ1) is 23.2. The van der Waals surface area contributed by atoms with Crippen molar-refractivity contribution in [3.63, 3.8) is 0 Å². The number of pyridine rings is 1. The van der Waals surface area contributed by atoms with E-state index in [1.807, 2.05) is 36.5 Å². The number of nitrogens with zero attached hydrogens (tertiary/aromatic N) is 1. The molecule has 0 radical (unpaired) electrons. The van der Waals surface area contributed by atoms with E-state index in [4.69, 9.17) is 25.8 Å². The Morgan fingerprint density at radius 2 is 1.90 bits per heavy atom. The van der Waals surface area contributed by atoms with Gasteiger partial charge in [0.05, 0.1) is 19.8 Å². The van der Waals surface area contributed by atoms with E-state index in [-0.39, 0.29) is 5.41 Å². The first kappa shape index (κ1) is 33.1. The van der Waals surface area contributed by atoms with E-state index in [1.165, 1.54) is 35.2 Å². The van der Waals surface area contributed by atoms with Gasteiger partial charge in [0, 0.05) is 34.1 Å². The summed E-state index contributed by atoms with van der Waals surface area (Å²) in [6.07, 6.45) is 10.8. The molecule has 7 nitrogen and oxygen atoms in total. The van der Waals surface area contributed by atoms with Gasteiger partial charge in [0.25, 0.3) is 0 Å².